The van der Waals surface area contributed by atoms with Crippen LogP contribution in [0.25, 0.3) is 0 Å². The Morgan fingerprint density at radius 1 is 1.11 bits per heavy atom. The number of benzene rings is 2. The van der Waals surface area contributed by atoms with Gasteiger partial charge < -0.3 is 14.9 Å². The quantitative estimate of drug-likeness (QED) is 0.763. The fourth-order valence-electron chi connectivity index (χ4n) is 6.12. The molecule has 2 aromatic carbocycles. The lowest BCUT2D eigenvalue weighted by Crippen LogP contribution is -2.59. The van der Waals surface area contributed by atoms with Crippen LogP contribution in [-0.4, -0.2) is 21.6 Å². The number of aromatic hydroxyl groups is 2. The van der Waals surface area contributed by atoms with Crippen LogP contribution in [0.4, 0.5) is 0 Å². The Morgan fingerprint density at radius 2 is 1.81 bits per heavy atom. The largest absolute Gasteiger partial charge is 0.507 e. The lowest BCUT2D eigenvalue weighted by molar-refractivity contribution is -0.121. The third-order valence-electron chi connectivity index (χ3n) is 7.39. The average molecular weight is 364 g/mol. The Hall–Kier alpha value is -2.49. The Labute approximate surface area is 158 Å². The van der Waals surface area contributed by atoms with Crippen molar-refractivity contribution >= 4 is 5.78 Å². The zero-order valence-electron chi connectivity index (χ0n) is 15.8. The molecule has 4 atom stereocenters. The molecule has 4 nitrogen and oxygen atoms in total. The number of carbonyl (C=O) groups is 1. The average Bonchev–Trinajstić information content (AvgIpc) is 2.96. The van der Waals surface area contributed by atoms with E-state index in [1.54, 1.807) is 24.3 Å². The molecule has 2 saturated carbocycles. The minimum Gasteiger partial charge on any atom is -0.507 e. The van der Waals surface area contributed by atoms with Gasteiger partial charge in [0, 0.05) is 29.0 Å². The van der Waals surface area contributed by atoms with E-state index in [1.807, 2.05) is 6.07 Å². The molecule has 2 fully saturated rings. The Kier molecular flexibility index (Phi) is 3.12. The van der Waals surface area contributed by atoms with Crippen LogP contribution in [0.3, 0.4) is 0 Å². The van der Waals surface area contributed by atoms with Gasteiger partial charge in [-0.3, -0.25) is 4.79 Å². The second-order valence-electron chi connectivity index (χ2n) is 9.11. The maximum absolute atomic E-state index is 13.2. The maximum Gasteiger partial charge on any atom is 0.200 e. The predicted octanol–water partition coefficient (Wildman–Crippen LogP) is 4.63. The summed E-state index contributed by atoms with van der Waals surface area (Å²) in [4.78, 5) is 13.2. The number of hydrogen-bond donors (Lipinski definition) is 2. The van der Waals surface area contributed by atoms with Crippen molar-refractivity contribution in [2.24, 2.45) is 17.3 Å². The molecule has 0 radical (unpaired) electrons. The summed E-state index contributed by atoms with van der Waals surface area (Å²) in [6, 6.07) is 10.2. The number of phenols is 2. The van der Waals surface area contributed by atoms with Gasteiger partial charge in [0.2, 0.25) is 5.78 Å². The summed E-state index contributed by atoms with van der Waals surface area (Å²) < 4.78 is 6.43. The molecule has 0 spiro atoms. The zero-order chi connectivity index (χ0) is 19.1. The van der Waals surface area contributed by atoms with Gasteiger partial charge in [-0.25, -0.2) is 0 Å². The third-order valence-corrected chi connectivity index (χ3v) is 7.39. The summed E-state index contributed by atoms with van der Waals surface area (Å²) >= 11 is 0. The molecule has 0 bridgehead atoms. The van der Waals surface area contributed by atoms with Gasteiger partial charge >= 0.3 is 0 Å². The second-order valence-corrected chi connectivity index (χ2v) is 9.11. The van der Waals surface area contributed by atoms with Crippen molar-refractivity contribution in [2.75, 3.05) is 0 Å². The smallest absolute Gasteiger partial charge is 0.200 e. The SMILES string of the molecule is CC1(C)[C@@H]2CC[C@]3(C)Oc4c(C(=O)c5ccccc5)c(O)cc(O)c4[C@H]1[C@H]23. The number of phenolic OH excluding ortho intramolecular Hbond substituents is 2. The summed E-state index contributed by atoms with van der Waals surface area (Å²) in [7, 11) is 0. The van der Waals surface area contributed by atoms with Crippen molar-refractivity contribution in [3.63, 3.8) is 0 Å². The number of carbonyl (C=O) groups excluding carboxylic acids is 1. The molecular formula is C23H24O4. The van der Waals surface area contributed by atoms with Gasteiger partial charge in [0.1, 0.15) is 28.4 Å². The molecule has 2 aliphatic carbocycles. The molecule has 2 N–H and O–H groups in total. The normalized spacial score (nSPS) is 32.0. The van der Waals surface area contributed by atoms with Crippen molar-refractivity contribution in [1.82, 2.24) is 0 Å². The lowest BCUT2D eigenvalue weighted by atomic mass is 9.45. The molecule has 3 aliphatic rings. The van der Waals surface area contributed by atoms with Crippen molar-refractivity contribution in [2.45, 2.75) is 45.1 Å². The number of ketones is 1. The van der Waals surface area contributed by atoms with Crippen LogP contribution in [0, 0.1) is 17.3 Å². The number of ether oxygens (including phenoxy) is 1. The number of hydrogen-bond acceptors (Lipinski definition) is 4. The summed E-state index contributed by atoms with van der Waals surface area (Å²) in [5.41, 5.74) is 1.03. The van der Waals surface area contributed by atoms with Gasteiger partial charge in [-0.15, -0.1) is 0 Å². The minimum absolute atomic E-state index is 0.0255. The highest BCUT2D eigenvalue weighted by Gasteiger charge is 2.70. The van der Waals surface area contributed by atoms with Crippen LogP contribution in [0.15, 0.2) is 36.4 Å². The summed E-state index contributed by atoms with van der Waals surface area (Å²) in [6.45, 7) is 6.59. The van der Waals surface area contributed by atoms with Crippen LogP contribution in [0.5, 0.6) is 17.2 Å². The minimum atomic E-state index is -0.357. The molecule has 0 saturated heterocycles. The van der Waals surface area contributed by atoms with E-state index in [1.165, 1.54) is 6.07 Å². The highest BCUT2D eigenvalue weighted by molar-refractivity contribution is 6.13. The van der Waals surface area contributed by atoms with Crippen LogP contribution in [0.2, 0.25) is 0 Å². The first-order valence-electron chi connectivity index (χ1n) is 9.63. The molecular weight excluding hydrogens is 340 g/mol. The maximum atomic E-state index is 13.2. The fourth-order valence-corrected chi connectivity index (χ4v) is 6.12. The molecule has 0 amide bonds. The van der Waals surface area contributed by atoms with E-state index < -0.39 is 0 Å². The summed E-state index contributed by atoms with van der Waals surface area (Å²) in [5.74, 6) is 0.918. The van der Waals surface area contributed by atoms with Crippen LogP contribution < -0.4 is 4.74 Å². The van der Waals surface area contributed by atoms with Crippen LogP contribution in [-0.2, 0) is 0 Å². The predicted molar refractivity (Wildman–Crippen MR) is 101 cm³/mol. The molecule has 27 heavy (non-hydrogen) atoms. The van der Waals surface area contributed by atoms with E-state index in [9.17, 15) is 15.0 Å². The number of rotatable bonds is 2. The van der Waals surface area contributed by atoms with E-state index in [0.717, 1.165) is 12.8 Å². The van der Waals surface area contributed by atoms with E-state index in [2.05, 4.69) is 20.8 Å². The Bertz CT molecular complexity index is 962. The summed E-state index contributed by atoms with van der Waals surface area (Å²) in [6.07, 6.45) is 2.02. The molecule has 1 heterocycles. The van der Waals surface area contributed by atoms with Gasteiger partial charge in [-0.1, -0.05) is 44.2 Å². The highest BCUT2D eigenvalue weighted by Crippen LogP contribution is 2.74. The molecule has 2 aromatic rings. The second kappa shape index (κ2) is 5.06. The van der Waals surface area contributed by atoms with Crippen molar-refractivity contribution in [3.05, 3.63) is 53.1 Å². The molecule has 4 heteroatoms. The number of fused-ring (bicyclic) bond motifs is 2. The van der Waals surface area contributed by atoms with Crippen molar-refractivity contribution in [1.29, 1.82) is 0 Å². The van der Waals surface area contributed by atoms with Crippen LogP contribution in [0.1, 0.15) is 61.0 Å². The topological polar surface area (TPSA) is 66.8 Å². The van der Waals surface area contributed by atoms with E-state index in [0.29, 0.717) is 28.7 Å². The Morgan fingerprint density at radius 3 is 2.52 bits per heavy atom. The van der Waals surface area contributed by atoms with Crippen molar-refractivity contribution in [3.8, 4) is 17.2 Å². The van der Waals surface area contributed by atoms with Gasteiger partial charge in [-0.05, 0) is 31.1 Å². The molecule has 0 aromatic heterocycles. The first kappa shape index (κ1) is 16.7. The monoisotopic (exact) mass is 364 g/mol. The molecule has 140 valence electrons. The van der Waals surface area contributed by atoms with E-state index in [4.69, 9.17) is 4.74 Å². The first-order valence-corrected chi connectivity index (χ1v) is 9.63. The molecule has 5 rings (SSSR count). The van der Waals surface area contributed by atoms with E-state index >= 15 is 0 Å². The van der Waals surface area contributed by atoms with E-state index in [-0.39, 0.29) is 39.8 Å². The highest BCUT2D eigenvalue weighted by atomic mass is 16.5. The molecule has 1 aliphatic heterocycles. The van der Waals surface area contributed by atoms with Gasteiger partial charge in [0.05, 0.1) is 0 Å². The Balaban J connectivity index is 1.74. The standard InChI is InChI=1S/C23H24O4/c1-22(2)13-9-10-23(3)18(13)19(22)16-14(24)11-15(25)17(21(16)27-23)20(26)12-7-5-4-6-8-12/h4-8,11,13,18-19,24-25H,9-10H2,1-3H3/t13-,18+,19+,23+/m1/s1. The summed E-state index contributed by atoms with van der Waals surface area (Å²) in [5, 5.41) is 21.3. The first-order chi connectivity index (χ1) is 12.8. The van der Waals surface area contributed by atoms with Crippen molar-refractivity contribution < 1.29 is 19.7 Å². The fraction of sp³-hybridized carbons (Fsp3) is 0.435. The van der Waals surface area contributed by atoms with Crippen LogP contribution >= 0.6 is 0 Å². The van der Waals surface area contributed by atoms with Gasteiger partial charge in [0.15, 0.2) is 0 Å². The van der Waals surface area contributed by atoms with Gasteiger partial charge in [-0.2, -0.15) is 0 Å². The zero-order valence-corrected chi connectivity index (χ0v) is 15.8. The molecule has 0 unspecified atom stereocenters. The van der Waals surface area contributed by atoms with Gasteiger partial charge in [0.25, 0.3) is 0 Å². The lowest BCUT2D eigenvalue weighted by Gasteiger charge is -2.62. The third kappa shape index (κ3) is 1.96.